The third-order valence-electron chi connectivity index (χ3n) is 5.97. The molecule has 0 bridgehead atoms. The van der Waals surface area contributed by atoms with E-state index in [0.29, 0.717) is 68.2 Å². The van der Waals surface area contributed by atoms with Crippen LogP contribution >= 0.6 is 12.4 Å². The van der Waals surface area contributed by atoms with Gasteiger partial charge in [0.05, 0.1) is 6.54 Å². The van der Waals surface area contributed by atoms with E-state index in [1.807, 2.05) is 12.1 Å². The molecule has 5 rings (SSSR count). The maximum atomic E-state index is 12.8. The summed E-state index contributed by atoms with van der Waals surface area (Å²) in [6.07, 6.45) is 1.10. The molecule has 33 heavy (non-hydrogen) atoms. The van der Waals surface area contributed by atoms with E-state index in [2.05, 4.69) is 10.2 Å². The van der Waals surface area contributed by atoms with Gasteiger partial charge in [0.15, 0.2) is 17.3 Å². The molecule has 2 amide bonds. The summed E-state index contributed by atoms with van der Waals surface area (Å²) in [5.41, 5.74) is 3.04. The summed E-state index contributed by atoms with van der Waals surface area (Å²) in [5.74, 6) is 1.28. The number of nitrogens with one attached hydrogen (secondary N) is 1. The molecule has 0 radical (unpaired) electrons. The van der Waals surface area contributed by atoms with Gasteiger partial charge in [-0.2, -0.15) is 0 Å². The van der Waals surface area contributed by atoms with Gasteiger partial charge in [0.2, 0.25) is 12.7 Å². The lowest BCUT2D eigenvalue weighted by Gasteiger charge is -2.34. The largest absolute Gasteiger partial charge is 0.454 e. The molecule has 0 saturated carbocycles. The van der Waals surface area contributed by atoms with E-state index in [1.54, 1.807) is 29.2 Å². The van der Waals surface area contributed by atoms with Crippen molar-refractivity contribution in [1.82, 2.24) is 9.80 Å². The monoisotopic (exact) mass is 475 g/mol. The van der Waals surface area contributed by atoms with Gasteiger partial charge in [0.25, 0.3) is 5.91 Å². The molecule has 0 unspecified atom stereocenters. The van der Waals surface area contributed by atoms with Crippen LogP contribution in [0.2, 0.25) is 0 Å². The Labute approximate surface area is 197 Å². The Morgan fingerprint density at radius 1 is 0.909 bits per heavy atom. The zero-order valence-corrected chi connectivity index (χ0v) is 18.8. The number of fused-ring (bicyclic) bond motifs is 2. The predicted molar refractivity (Wildman–Crippen MR) is 123 cm³/mol. The van der Waals surface area contributed by atoms with Gasteiger partial charge in [-0.15, -0.1) is 12.4 Å². The fourth-order valence-corrected chi connectivity index (χ4v) is 4.17. The predicted octanol–water partition coefficient (Wildman–Crippen LogP) is 1.54. The lowest BCUT2D eigenvalue weighted by molar-refractivity contribution is -0.116. The molecular formula is C23H26ClN3O6. The molecule has 3 aliphatic rings. The number of benzene rings is 2. The quantitative estimate of drug-likeness (QED) is 0.670. The molecule has 10 heteroatoms. The number of carbonyl (C=O) groups is 3. The van der Waals surface area contributed by atoms with E-state index in [1.165, 1.54) is 0 Å². The van der Waals surface area contributed by atoms with E-state index in [9.17, 15) is 14.4 Å². The van der Waals surface area contributed by atoms with Crippen LogP contribution in [-0.2, 0) is 11.2 Å². The SMILES string of the molecule is Cl.O.O=C1CCc2cc(C(=O)CN3CCN(C(=O)c4ccc5c(c4)OCO5)CC3)ccc2N1. The van der Waals surface area contributed by atoms with E-state index >= 15 is 0 Å². The summed E-state index contributed by atoms with van der Waals surface area (Å²) in [6, 6.07) is 10.7. The van der Waals surface area contributed by atoms with Crippen molar-refractivity contribution in [3.63, 3.8) is 0 Å². The van der Waals surface area contributed by atoms with E-state index in [0.717, 1.165) is 11.3 Å². The Bertz CT molecular complexity index is 1070. The third-order valence-corrected chi connectivity index (χ3v) is 5.97. The zero-order chi connectivity index (χ0) is 21.4. The third kappa shape index (κ3) is 5.11. The van der Waals surface area contributed by atoms with Crippen molar-refractivity contribution >= 4 is 35.7 Å². The number of hydrogen-bond donors (Lipinski definition) is 1. The van der Waals surface area contributed by atoms with Crippen molar-refractivity contribution in [1.29, 1.82) is 0 Å². The molecule has 0 aliphatic carbocycles. The highest BCUT2D eigenvalue weighted by atomic mass is 35.5. The fourth-order valence-electron chi connectivity index (χ4n) is 4.17. The van der Waals surface area contributed by atoms with Gasteiger partial charge in [-0.1, -0.05) is 0 Å². The highest BCUT2D eigenvalue weighted by molar-refractivity contribution is 6.00. The summed E-state index contributed by atoms with van der Waals surface area (Å²) in [7, 11) is 0. The van der Waals surface area contributed by atoms with Crippen LogP contribution in [0.15, 0.2) is 36.4 Å². The maximum absolute atomic E-state index is 12.8. The van der Waals surface area contributed by atoms with Crippen LogP contribution in [0.25, 0.3) is 0 Å². The number of nitrogens with zero attached hydrogens (tertiary/aromatic N) is 2. The van der Waals surface area contributed by atoms with Crippen LogP contribution in [0.5, 0.6) is 11.5 Å². The fraction of sp³-hybridized carbons (Fsp3) is 0.348. The first-order chi connectivity index (χ1) is 15.1. The lowest BCUT2D eigenvalue weighted by atomic mass is 9.98. The number of Topliss-reactive ketones (excluding diaryl/α,β-unsaturated/α-hetero) is 1. The number of piperazine rings is 1. The molecule has 3 N–H and O–H groups in total. The normalized spacial score (nSPS) is 16.7. The first-order valence-electron chi connectivity index (χ1n) is 10.4. The summed E-state index contributed by atoms with van der Waals surface area (Å²) < 4.78 is 10.7. The number of halogens is 1. The molecule has 176 valence electrons. The van der Waals surface area contributed by atoms with E-state index in [-0.39, 0.29) is 42.3 Å². The smallest absolute Gasteiger partial charge is 0.254 e. The number of aryl methyl sites for hydroxylation is 1. The molecular weight excluding hydrogens is 450 g/mol. The Morgan fingerprint density at radius 3 is 2.42 bits per heavy atom. The second kappa shape index (κ2) is 10.2. The van der Waals surface area contributed by atoms with E-state index in [4.69, 9.17) is 9.47 Å². The minimum atomic E-state index is -0.0407. The highest BCUT2D eigenvalue weighted by Crippen LogP contribution is 2.33. The number of carbonyl (C=O) groups excluding carboxylic acids is 3. The molecule has 2 aromatic carbocycles. The second-order valence-corrected chi connectivity index (χ2v) is 7.98. The number of anilines is 1. The molecule has 0 aromatic heterocycles. The van der Waals surface area contributed by atoms with Crippen molar-refractivity contribution in [3.05, 3.63) is 53.1 Å². The van der Waals surface area contributed by atoms with Gasteiger partial charge in [-0.3, -0.25) is 19.3 Å². The molecule has 0 atom stereocenters. The molecule has 3 heterocycles. The summed E-state index contributed by atoms with van der Waals surface area (Å²) in [4.78, 5) is 41.0. The van der Waals surface area contributed by atoms with Gasteiger partial charge in [-0.05, 0) is 48.4 Å². The molecule has 2 aromatic rings. The van der Waals surface area contributed by atoms with E-state index < -0.39 is 0 Å². The van der Waals surface area contributed by atoms with Crippen molar-refractivity contribution in [2.24, 2.45) is 0 Å². The Hall–Kier alpha value is -3.14. The molecule has 1 saturated heterocycles. The maximum Gasteiger partial charge on any atom is 0.254 e. The molecule has 9 nitrogen and oxygen atoms in total. The lowest BCUT2D eigenvalue weighted by Crippen LogP contribution is -2.49. The number of amides is 2. The number of hydrogen-bond acceptors (Lipinski definition) is 6. The minimum Gasteiger partial charge on any atom is -0.454 e. The average molecular weight is 476 g/mol. The number of ether oxygens (including phenoxy) is 2. The van der Waals surface area contributed by atoms with Crippen LogP contribution in [0.3, 0.4) is 0 Å². The van der Waals surface area contributed by atoms with Crippen LogP contribution in [0, 0.1) is 0 Å². The second-order valence-electron chi connectivity index (χ2n) is 7.98. The van der Waals surface area contributed by atoms with Crippen LogP contribution in [0.4, 0.5) is 5.69 Å². The van der Waals surface area contributed by atoms with Crippen molar-refractivity contribution in [2.45, 2.75) is 12.8 Å². The topological polar surface area (TPSA) is 120 Å². The summed E-state index contributed by atoms with van der Waals surface area (Å²) in [6.45, 7) is 2.91. The van der Waals surface area contributed by atoms with Crippen molar-refractivity contribution < 1.29 is 29.3 Å². The number of ketones is 1. The van der Waals surface area contributed by atoms with Crippen LogP contribution in [-0.4, -0.2) is 72.4 Å². The summed E-state index contributed by atoms with van der Waals surface area (Å²) >= 11 is 0. The molecule has 3 aliphatic heterocycles. The highest BCUT2D eigenvalue weighted by Gasteiger charge is 2.25. The van der Waals surface area contributed by atoms with Crippen molar-refractivity contribution in [2.75, 3.05) is 44.8 Å². The van der Waals surface area contributed by atoms with Gasteiger partial charge >= 0.3 is 0 Å². The van der Waals surface area contributed by atoms with Crippen LogP contribution in [0.1, 0.15) is 32.7 Å². The zero-order valence-electron chi connectivity index (χ0n) is 18.0. The van der Waals surface area contributed by atoms with Gasteiger partial charge in [0.1, 0.15) is 0 Å². The Morgan fingerprint density at radius 2 is 1.64 bits per heavy atom. The molecule has 1 fully saturated rings. The van der Waals surface area contributed by atoms with Crippen molar-refractivity contribution in [3.8, 4) is 11.5 Å². The van der Waals surface area contributed by atoms with Gasteiger partial charge in [0, 0.05) is 49.4 Å². The van der Waals surface area contributed by atoms with Gasteiger partial charge in [-0.25, -0.2) is 0 Å². The summed E-state index contributed by atoms with van der Waals surface area (Å²) in [5, 5.41) is 2.84. The minimum absolute atomic E-state index is 0. The first-order valence-corrected chi connectivity index (χ1v) is 10.4. The van der Waals surface area contributed by atoms with Gasteiger partial charge < -0.3 is 25.2 Å². The molecule has 0 spiro atoms. The standard InChI is InChI=1S/C23H23N3O5.ClH.H2O/c27-19(16-1-4-18-15(11-16)3-6-22(28)24-18)13-25-7-9-26(10-8-25)23(29)17-2-5-20-21(12-17)31-14-30-20;;/h1-2,4-5,11-12H,3,6-10,13-14H2,(H,24,28);1H;1H2. The Kier molecular flexibility index (Phi) is 7.57. The van der Waals surface area contributed by atoms with Crippen LogP contribution < -0.4 is 14.8 Å². The Balaban J connectivity index is 0.00000153. The number of rotatable bonds is 4. The average Bonchev–Trinajstić information content (AvgIpc) is 3.26. The first kappa shape index (κ1) is 24.5.